The lowest BCUT2D eigenvalue weighted by Gasteiger charge is -2.13. The monoisotopic (exact) mass is 360 g/mol. The van der Waals surface area contributed by atoms with Crippen LogP contribution >= 0.6 is 11.8 Å². The lowest BCUT2D eigenvalue weighted by atomic mass is 10.1. The average molecular weight is 361 g/mol. The second-order valence-electron chi connectivity index (χ2n) is 6.35. The number of unbranched alkanes of at least 4 members (excludes halogenated alkanes) is 2. The second-order valence-corrected chi connectivity index (χ2v) is 7.30. The number of nitrogens with one attached hydrogen (secondary N) is 1. The fourth-order valence-electron chi connectivity index (χ4n) is 2.64. The van der Waals surface area contributed by atoms with Gasteiger partial charge in [0.2, 0.25) is 5.91 Å². The van der Waals surface area contributed by atoms with Gasteiger partial charge in [0.05, 0.1) is 12.3 Å². The smallest absolute Gasteiger partial charge is 0.230 e. The van der Waals surface area contributed by atoms with Crippen molar-refractivity contribution in [3.8, 4) is 0 Å². The van der Waals surface area contributed by atoms with Crippen LogP contribution in [0.1, 0.15) is 50.9 Å². The fourth-order valence-corrected chi connectivity index (χ4v) is 3.43. The summed E-state index contributed by atoms with van der Waals surface area (Å²) in [5, 5.41) is 12.2. The summed E-state index contributed by atoms with van der Waals surface area (Å²) in [6.45, 7) is 6.92. The normalized spacial score (nSPS) is 12.1. The Kier molecular flexibility index (Phi) is 7.98. The molecule has 0 bridgehead atoms. The highest BCUT2D eigenvalue weighted by Crippen LogP contribution is 2.18. The number of carbonyl (C=O) groups is 1. The second kappa shape index (κ2) is 10.2. The van der Waals surface area contributed by atoms with Crippen LogP contribution in [0.5, 0.6) is 0 Å². The first-order chi connectivity index (χ1) is 12.1. The Bertz CT molecular complexity index is 657. The number of amides is 1. The molecule has 0 aliphatic rings. The molecular weight excluding hydrogens is 332 g/mol. The predicted octanol–water partition coefficient (Wildman–Crippen LogP) is 3.81. The largest absolute Gasteiger partial charge is 0.353 e. The van der Waals surface area contributed by atoms with Gasteiger partial charge in [-0.1, -0.05) is 68.3 Å². The van der Waals surface area contributed by atoms with Crippen molar-refractivity contribution in [2.75, 3.05) is 5.75 Å². The Morgan fingerprint density at radius 3 is 2.72 bits per heavy atom. The van der Waals surface area contributed by atoms with E-state index in [2.05, 4.69) is 46.1 Å². The molecule has 0 aliphatic heterocycles. The molecule has 0 radical (unpaired) electrons. The maximum atomic E-state index is 12.1. The SMILES string of the molecule is CCCCCC(C)NC(=O)CSc1nnc(C)n1Cc1ccccc1. The van der Waals surface area contributed by atoms with E-state index in [0.29, 0.717) is 5.75 Å². The third-order valence-electron chi connectivity index (χ3n) is 4.07. The molecule has 1 heterocycles. The van der Waals surface area contributed by atoms with E-state index in [4.69, 9.17) is 0 Å². The van der Waals surface area contributed by atoms with Crippen molar-refractivity contribution in [3.05, 3.63) is 41.7 Å². The highest BCUT2D eigenvalue weighted by molar-refractivity contribution is 7.99. The van der Waals surface area contributed by atoms with E-state index >= 15 is 0 Å². The lowest BCUT2D eigenvalue weighted by molar-refractivity contribution is -0.119. The molecule has 5 nitrogen and oxygen atoms in total. The van der Waals surface area contributed by atoms with E-state index in [9.17, 15) is 4.79 Å². The van der Waals surface area contributed by atoms with Crippen molar-refractivity contribution in [1.29, 1.82) is 0 Å². The molecule has 1 aromatic carbocycles. The molecule has 6 heteroatoms. The molecule has 0 fully saturated rings. The molecule has 1 unspecified atom stereocenters. The van der Waals surface area contributed by atoms with Gasteiger partial charge in [-0.2, -0.15) is 0 Å². The van der Waals surface area contributed by atoms with Crippen LogP contribution < -0.4 is 5.32 Å². The van der Waals surface area contributed by atoms with Crippen molar-refractivity contribution >= 4 is 17.7 Å². The summed E-state index contributed by atoms with van der Waals surface area (Å²) in [4.78, 5) is 12.1. The van der Waals surface area contributed by atoms with Gasteiger partial charge in [-0.3, -0.25) is 4.79 Å². The number of thioether (sulfide) groups is 1. The molecule has 0 spiro atoms. The molecule has 2 rings (SSSR count). The number of aryl methyl sites for hydroxylation is 1. The number of rotatable bonds is 10. The van der Waals surface area contributed by atoms with Crippen LogP contribution in [-0.2, 0) is 11.3 Å². The highest BCUT2D eigenvalue weighted by Gasteiger charge is 2.13. The molecule has 1 atom stereocenters. The number of aromatic nitrogens is 3. The van der Waals surface area contributed by atoms with Crippen LogP contribution in [-0.4, -0.2) is 32.5 Å². The number of hydrogen-bond donors (Lipinski definition) is 1. The summed E-state index contributed by atoms with van der Waals surface area (Å²) in [7, 11) is 0. The summed E-state index contributed by atoms with van der Waals surface area (Å²) in [5.41, 5.74) is 1.20. The van der Waals surface area contributed by atoms with Crippen LogP contribution in [0.4, 0.5) is 0 Å². The Morgan fingerprint density at radius 2 is 2.00 bits per heavy atom. The van der Waals surface area contributed by atoms with Gasteiger partial charge in [0.1, 0.15) is 5.82 Å². The van der Waals surface area contributed by atoms with Crippen molar-refractivity contribution in [3.63, 3.8) is 0 Å². The third-order valence-corrected chi connectivity index (χ3v) is 5.03. The summed E-state index contributed by atoms with van der Waals surface area (Å²) in [5.74, 6) is 1.28. The first-order valence-corrected chi connectivity index (χ1v) is 9.94. The molecule has 2 aromatic rings. The highest BCUT2D eigenvalue weighted by atomic mass is 32.2. The van der Waals surface area contributed by atoms with E-state index < -0.39 is 0 Å². The van der Waals surface area contributed by atoms with Crippen LogP contribution in [0.25, 0.3) is 0 Å². The van der Waals surface area contributed by atoms with Gasteiger partial charge in [0, 0.05) is 6.04 Å². The third kappa shape index (κ3) is 6.53. The molecule has 1 aromatic heterocycles. The van der Waals surface area contributed by atoms with Gasteiger partial charge in [-0.05, 0) is 25.8 Å². The molecule has 25 heavy (non-hydrogen) atoms. The fraction of sp³-hybridized carbons (Fsp3) is 0.526. The van der Waals surface area contributed by atoms with E-state index in [-0.39, 0.29) is 11.9 Å². The molecular formula is C19H28N4OS. The van der Waals surface area contributed by atoms with Crippen molar-refractivity contribution in [1.82, 2.24) is 20.1 Å². The number of nitrogens with zero attached hydrogens (tertiary/aromatic N) is 3. The van der Waals surface area contributed by atoms with Gasteiger partial charge in [-0.25, -0.2) is 0 Å². The van der Waals surface area contributed by atoms with Crippen LogP contribution in [0.2, 0.25) is 0 Å². The minimum absolute atomic E-state index is 0.0564. The summed E-state index contributed by atoms with van der Waals surface area (Å²) in [6.07, 6.45) is 4.62. The Balaban J connectivity index is 1.85. The first kappa shape index (κ1) is 19.5. The Hall–Kier alpha value is -1.82. The van der Waals surface area contributed by atoms with Crippen LogP contribution in [0.3, 0.4) is 0 Å². The van der Waals surface area contributed by atoms with E-state index in [0.717, 1.165) is 30.4 Å². The lowest BCUT2D eigenvalue weighted by Crippen LogP contribution is -2.33. The van der Waals surface area contributed by atoms with Crippen molar-refractivity contribution in [2.24, 2.45) is 0 Å². The first-order valence-electron chi connectivity index (χ1n) is 8.96. The van der Waals surface area contributed by atoms with Gasteiger partial charge in [0.15, 0.2) is 5.16 Å². The van der Waals surface area contributed by atoms with Gasteiger partial charge < -0.3 is 9.88 Å². The zero-order valence-electron chi connectivity index (χ0n) is 15.4. The number of carbonyl (C=O) groups excluding carboxylic acids is 1. The van der Waals surface area contributed by atoms with Crippen LogP contribution in [0.15, 0.2) is 35.5 Å². The zero-order chi connectivity index (χ0) is 18.1. The van der Waals surface area contributed by atoms with E-state index in [1.807, 2.05) is 25.1 Å². The van der Waals surface area contributed by atoms with Crippen molar-refractivity contribution < 1.29 is 4.79 Å². The minimum Gasteiger partial charge on any atom is -0.353 e. The van der Waals surface area contributed by atoms with Crippen LogP contribution in [0, 0.1) is 6.92 Å². The molecule has 0 aliphatic carbocycles. The Morgan fingerprint density at radius 1 is 1.24 bits per heavy atom. The van der Waals surface area contributed by atoms with Crippen molar-refractivity contribution in [2.45, 2.75) is 64.2 Å². The number of benzene rings is 1. The van der Waals surface area contributed by atoms with Gasteiger partial charge in [-0.15, -0.1) is 10.2 Å². The average Bonchev–Trinajstić information content (AvgIpc) is 2.94. The molecule has 136 valence electrons. The van der Waals surface area contributed by atoms with Gasteiger partial charge >= 0.3 is 0 Å². The summed E-state index contributed by atoms with van der Waals surface area (Å²) in [6, 6.07) is 10.4. The summed E-state index contributed by atoms with van der Waals surface area (Å²) >= 11 is 1.44. The quantitative estimate of drug-likeness (QED) is 0.517. The van der Waals surface area contributed by atoms with E-state index in [1.54, 1.807) is 0 Å². The Labute approximate surface area is 154 Å². The maximum absolute atomic E-state index is 12.1. The van der Waals surface area contributed by atoms with Gasteiger partial charge in [0.25, 0.3) is 0 Å². The molecule has 0 saturated heterocycles. The topological polar surface area (TPSA) is 59.8 Å². The standard InChI is InChI=1S/C19H28N4OS/c1-4-5-7-10-15(2)20-18(24)14-25-19-22-21-16(3)23(19)13-17-11-8-6-9-12-17/h6,8-9,11-12,15H,4-5,7,10,13-14H2,1-3H3,(H,20,24). The predicted molar refractivity (Wildman–Crippen MR) is 103 cm³/mol. The zero-order valence-corrected chi connectivity index (χ0v) is 16.2. The molecule has 0 saturated carbocycles. The molecule has 1 N–H and O–H groups in total. The molecule has 1 amide bonds. The summed E-state index contributed by atoms with van der Waals surface area (Å²) < 4.78 is 2.05. The number of hydrogen-bond acceptors (Lipinski definition) is 4. The van der Waals surface area contributed by atoms with E-state index in [1.165, 1.54) is 30.2 Å². The minimum atomic E-state index is 0.0564. The maximum Gasteiger partial charge on any atom is 0.230 e.